The van der Waals surface area contributed by atoms with E-state index in [1.807, 2.05) is 0 Å². The van der Waals surface area contributed by atoms with Gasteiger partial charge in [-0.25, -0.2) is 12.8 Å². The SMILES string of the molecule is O=C(CS(=O)(=O)c1cccs1)N1CCN(c2ccc(F)cc2)CC1. The zero-order valence-electron chi connectivity index (χ0n) is 12.9. The number of thiophene rings is 1. The molecule has 0 radical (unpaired) electrons. The molecule has 0 atom stereocenters. The van der Waals surface area contributed by atoms with Crippen LogP contribution >= 0.6 is 11.3 Å². The van der Waals surface area contributed by atoms with Crippen molar-refractivity contribution in [2.24, 2.45) is 0 Å². The molecule has 1 aliphatic rings. The maximum absolute atomic E-state index is 13.0. The van der Waals surface area contributed by atoms with Crippen LogP contribution in [0.4, 0.5) is 10.1 Å². The van der Waals surface area contributed by atoms with Crippen molar-refractivity contribution < 1.29 is 17.6 Å². The maximum atomic E-state index is 13.0. The molecule has 1 fully saturated rings. The molecule has 3 rings (SSSR count). The smallest absolute Gasteiger partial charge is 0.238 e. The lowest BCUT2D eigenvalue weighted by Gasteiger charge is -2.36. The quantitative estimate of drug-likeness (QED) is 0.828. The van der Waals surface area contributed by atoms with Gasteiger partial charge in [0.15, 0.2) is 9.84 Å². The van der Waals surface area contributed by atoms with E-state index in [9.17, 15) is 17.6 Å². The Labute approximate surface area is 144 Å². The summed E-state index contributed by atoms with van der Waals surface area (Å²) in [6, 6.07) is 9.38. The fourth-order valence-corrected chi connectivity index (χ4v) is 4.95. The number of carbonyl (C=O) groups excluding carboxylic acids is 1. The number of hydrogen-bond donors (Lipinski definition) is 0. The van der Waals surface area contributed by atoms with Crippen LogP contribution in [0.3, 0.4) is 0 Å². The van der Waals surface area contributed by atoms with Crippen molar-refractivity contribution in [2.75, 3.05) is 36.8 Å². The highest BCUT2D eigenvalue weighted by molar-refractivity contribution is 7.94. The zero-order chi connectivity index (χ0) is 17.2. The molecule has 0 bridgehead atoms. The second-order valence-electron chi connectivity index (χ2n) is 5.54. The highest BCUT2D eigenvalue weighted by Gasteiger charge is 2.27. The summed E-state index contributed by atoms with van der Waals surface area (Å²) in [5.41, 5.74) is 0.898. The van der Waals surface area contributed by atoms with E-state index >= 15 is 0 Å². The number of hydrogen-bond acceptors (Lipinski definition) is 5. The first-order chi connectivity index (χ1) is 11.5. The van der Waals surface area contributed by atoms with E-state index in [1.54, 1.807) is 28.5 Å². The molecule has 2 aromatic rings. The van der Waals surface area contributed by atoms with Gasteiger partial charge in [-0.1, -0.05) is 6.07 Å². The van der Waals surface area contributed by atoms with Crippen LogP contribution in [-0.2, 0) is 14.6 Å². The number of sulfone groups is 1. The molecular formula is C16H17FN2O3S2. The van der Waals surface area contributed by atoms with E-state index in [0.29, 0.717) is 26.2 Å². The second-order valence-corrected chi connectivity index (χ2v) is 8.70. The number of benzene rings is 1. The van der Waals surface area contributed by atoms with Gasteiger partial charge >= 0.3 is 0 Å². The minimum Gasteiger partial charge on any atom is -0.368 e. The van der Waals surface area contributed by atoms with Crippen LogP contribution < -0.4 is 4.90 Å². The van der Waals surface area contributed by atoms with Crippen molar-refractivity contribution in [3.8, 4) is 0 Å². The summed E-state index contributed by atoms with van der Waals surface area (Å²) < 4.78 is 37.6. The summed E-state index contributed by atoms with van der Waals surface area (Å²) in [6.45, 7) is 2.10. The maximum Gasteiger partial charge on any atom is 0.238 e. The molecule has 8 heteroatoms. The average molecular weight is 368 g/mol. The Kier molecular flexibility index (Phi) is 4.86. The standard InChI is InChI=1S/C16H17FN2O3S2/c17-13-3-5-14(6-4-13)18-7-9-19(10-8-18)15(20)12-24(21,22)16-2-1-11-23-16/h1-6,11H,7-10,12H2. The Bertz CT molecular complexity index is 796. The number of piperazine rings is 1. The molecule has 0 spiro atoms. The first kappa shape index (κ1) is 16.9. The van der Waals surface area contributed by atoms with Crippen LogP contribution in [0.1, 0.15) is 0 Å². The van der Waals surface area contributed by atoms with E-state index in [2.05, 4.69) is 4.90 Å². The summed E-state index contributed by atoms with van der Waals surface area (Å²) >= 11 is 1.12. The molecule has 0 aliphatic carbocycles. The van der Waals surface area contributed by atoms with Crippen LogP contribution in [-0.4, -0.2) is 51.2 Å². The molecule has 1 aromatic carbocycles. The molecule has 24 heavy (non-hydrogen) atoms. The number of anilines is 1. The van der Waals surface area contributed by atoms with Gasteiger partial charge in [0.2, 0.25) is 5.91 Å². The Morgan fingerprint density at radius 3 is 2.33 bits per heavy atom. The zero-order valence-corrected chi connectivity index (χ0v) is 14.5. The van der Waals surface area contributed by atoms with E-state index in [1.165, 1.54) is 18.2 Å². The molecule has 128 valence electrons. The lowest BCUT2D eigenvalue weighted by molar-refractivity contribution is -0.128. The van der Waals surface area contributed by atoms with Crippen molar-refractivity contribution in [3.05, 3.63) is 47.6 Å². The van der Waals surface area contributed by atoms with Crippen LogP contribution in [0.15, 0.2) is 46.0 Å². The number of halogens is 1. The minimum atomic E-state index is -3.56. The summed E-state index contributed by atoms with van der Waals surface area (Å²) in [5, 5.41) is 1.68. The van der Waals surface area contributed by atoms with E-state index in [0.717, 1.165) is 17.0 Å². The molecule has 2 heterocycles. The van der Waals surface area contributed by atoms with Crippen LogP contribution in [0.25, 0.3) is 0 Å². The molecule has 1 aromatic heterocycles. The average Bonchev–Trinajstić information content (AvgIpc) is 3.11. The second kappa shape index (κ2) is 6.90. The molecule has 0 N–H and O–H groups in total. The number of carbonyl (C=O) groups is 1. The van der Waals surface area contributed by atoms with E-state index in [4.69, 9.17) is 0 Å². The van der Waals surface area contributed by atoms with Gasteiger partial charge in [-0.05, 0) is 35.7 Å². The van der Waals surface area contributed by atoms with Crippen LogP contribution in [0.2, 0.25) is 0 Å². The third kappa shape index (κ3) is 3.76. The minimum absolute atomic E-state index is 0.223. The van der Waals surface area contributed by atoms with Crippen molar-refractivity contribution in [2.45, 2.75) is 4.21 Å². The van der Waals surface area contributed by atoms with Crippen molar-refractivity contribution in [1.82, 2.24) is 4.90 Å². The van der Waals surface area contributed by atoms with E-state index in [-0.39, 0.29) is 15.9 Å². The van der Waals surface area contributed by atoms with Gasteiger partial charge < -0.3 is 9.80 Å². The summed E-state index contributed by atoms with van der Waals surface area (Å²) in [7, 11) is -3.56. The van der Waals surface area contributed by atoms with Gasteiger partial charge in [-0.3, -0.25) is 4.79 Å². The monoisotopic (exact) mass is 368 g/mol. The fraction of sp³-hybridized carbons (Fsp3) is 0.312. The highest BCUT2D eigenvalue weighted by atomic mass is 32.2. The fourth-order valence-electron chi connectivity index (χ4n) is 2.63. The van der Waals surface area contributed by atoms with Gasteiger partial charge in [-0.15, -0.1) is 11.3 Å². The first-order valence-corrected chi connectivity index (χ1v) is 10.0. The number of nitrogens with zero attached hydrogens (tertiary/aromatic N) is 2. The molecule has 1 saturated heterocycles. The number of amides is 1. The van der Waals surface area contributed by atoms with Gasteiger partial charge in [-0.2, -0.15) is 0 Å². The Morgan fingerprint density at radius 1 is 1.08 bits per heavy atom. The molecule has 0 saturated carbocycles. The van der Waals surface area contributed by atoms with Gasteiger partial charge in [0.25, 0.3) is 0 Å². The third-order valence-corrected chi connectivity index (χ3v) is 7.03. The van der Waals surface area contributed by atoms with Crippen molar-refractivity contribution in [3.63, 3.8) is 0 Å². The largest absolute Gasteiger partial charge is 0.368 e. The van der Waals surface area contributed by atoms with Crippen LogP contribution in [0.5, 0.6) is 0 Å². The van der Waals surface area contributed by atoms with Crippen LogP contribution in [0, 0.1) is 5.82 Å². The molecule has 5 nitrogen and oxygen atoms in total. The van der Waals surface area contributed by atoms with Crippen molar-refractivity contribution >= 4 is 32.8 Å². The summed E-state index contributed by atoms with van der Waals surface area (Å²) in [6.07, 6.45) is 0. The molecular weight excluding hydrogens is 351 g/mol. The predicted octanol–water partition coefficient (Wildman–Crippen LogP) is 2.01. The lowest BCUT2D eigenvalue weighted by Crippen LogP contribution is -2.50. The normalized spacial score (nSPS) is 15.5. The van der Waals surface area contributed by atoms with Gasteiger partial charge in [0.05, 0.1) is 0 Å². The first-order valence-electron chi connectivity index (χ1n) is 7.50. The highest BCUT2D eigenvalue weighted by Crippen LogP contribution is 2.20. The lowest BCUT2D eigenvalue weighted by atomic mass is 10.2. The molecule has 1 aliphatic heterocycles. The van der Waals surface area contributed by atoms with Gasteiger partial charge in [0, 0.05) is 31.9 Å². The summed E-state index contributed by atoms with van der Waals surface area (Å²) in [4.78, 5) is 15.9. The molecule has 0 unspecified atom stereocenters. The predicted molar refractivity (Wildman–Crippen MR) is 91.6 cm³/mol. The number of rotatable bonds is 4. The van der Waals surface area contributed by atoms with Crippen molar-refractivity contribution in [1.29, 1.82) is 0 Å². The third-order valence-electron chi connectivity index (χ3n) is 3.94. The molecule has 1 amide bonds. The topological polar surface area (TPSA) is 57.7 Å². The van der Waals surface area contributed by atoms with E-state index < -0.39 is 15.6 Å². The summed E-state index contributed by atoms with van der Waals surface area (Å²) in [5.74, 6) is -1.15. The Balaban J connectivity index is 1.58. The Hall–Kier alpha value is -1.93. The Morgan fingerprint density at radius 2 is 1.75 bits per heavy atom. The van der Waals surface area contributed by atoms with Gasteiger partial charge in [0.1, 0.15) is 15.8 Å².